The number of nitrogens with two attached hydrogens (primary N) is 1. The van der Waals surface area contributed by atoms with Gasteiger partial charge in [-0.3, -0.25) is 4.90 Å². The van der Waals surface area contributed by atoms with Crippen LogP contribution in [0, 0.1) is 6.92 Å². The zero-order valence-corrected chi connectivity index (χ0v) is 11.0. The molecule has 1 unspecified atom stereocenters. The van der Waals surface area contributed by atoms with Gasteiger partial charge in [-0.1, -0.05) is 29.8 Å². The van der Waals surface area contributed by atoms with Crippen molar-refractivity contribution < 1.29 is 4.42 Å². The van der Waals surface area contributed by atoms with E-state index in [0.717, 1.165) is 6.54 Å². The second-order valence-electron chi connectivity index (χ2n) is 4.71. The molecule has 3 nitrogen and oxygen atoms in total. The predicted molar refractivity (Wildman–Crippen MR) is 73.1 cm³/mol. The molecule has 0 bridgehead atoms. The molecule has 0 saturated heterocycles. The molecule has 0 spiro atoms. The van der Waals surface area contributed by atoms with Crippen LogP contribution in [-0.2, 0) is 6.54 Å². The van der Waals surface area contributed by atoms with Crippen molar-refractivity contribution in [1.29, 1.82) is 0 Å². The molecule has 0 fully saturated rings. The van der Waals surface area contributed by atoms with E-state index in [9.17, 15) is 0 Å². The highest BCUT2D eigenvalue weighted by Crippen LogP contribution is 2.20. The Hall–Kier alpha value is -1.58. The van der Waals surface area contributed by atoms with E-state index in [1.54, 1.807) is 12.5 Å². The Morgan fingerprint density at radius 3 is 2.50 bits per heavy atom. The van der Waals surface area contributed by atoms with Crippen LogP contribution in [-0.4, -0.2) is 18.5 Å². The molecule has 18 heavy (non-hydrogen) atoms. The number of furan rings is 1. The van der Waals surface area contributed by atoms with Crippen LogP contribution in [0.3, 0.4) is 0 Å². The largest absolute Gasteiger partial charge is 0.472 e. The van der Waals surface area contributed by atoms with Crippen LogP contribution in [0.25, 0.3) is 0 Å². The van der Waals surface area contributed by atoms with Gasteiger partial charge in [0.05, 0.1) is 12.5 Å². The molecule has 2 N–H and O–H groups in total. The summed E-state index contributed by atoms with van der Waals surface area (Å²) in [5, 5.41) is 0. The highest BCUT2D eigenvalue weighted by atomic mass is 16.3. The molecule has 3 heteroatoms. The van der Waals surface area contributed by atoms with Crippen LogP contribution >= 0.6 is 0 Å². The number of aryl methyl sites for hydroxylation is 1. The number of hydrogen-bond donors (Lipinski definition) is 1. The van der Waals surface area contributed by atoms with Gasteiger partial charge in [0.2, 0.25) is 0 Å². The average Bonchev–Trinajstić information content (AvgIpc) is 2.85. The van der Waals surface area contributed by atoms with E-state index < -0.39 is 0 Å². The molecule has 96 valence electrons. The molecular formula is C15H20N2O. The number of hydrogen-bond acceptors (Lipinski definition) is 3. The Morgan fingerprint density at radius 2 is 1.94 bits per heavy atom. The van der Waals surface area contributed by atoms with Crippen LogP contribution in [0.4, 0.5) is 0 Å². The molecule has 0 radical (unpaired) electrons. The third-order valence-corrected chi connectivity index (χ3v) is 3.23. The van der Waals surface area contributed by atoms with Gasteiger partial charge in [-0.15, -0.1) is 0 Å². The van der Waals surface area contributed by atoms with E-state index in [1.165, 1.54) is 16.7 Å². The van der Waals surface area contributed by atoms with E-state index in [0.29, 0.717) is 6.54 Å². The van der Waals surface area contributed by atoms with Crippen molar-refractivity contribution in [3.8, 4) is 0 Å². The Bertz CT molecular complexity index is 462. The zero-order chi connectivity index (χ0) is 13.0. The molecule has 1 atom stereocenters. The minimum absolute atomic E-state index is 0.237. The topological polar surface area (TPSA) is 42.4 Å². The summed E-state index contributed by atoms with van der Waals surface area (Å²) in [6, 6.07) is 10.8. The Balaban J connectivity index is 2.10. The summed E-state index contributed by atoms with van der Waals surface area (Å²) in [6.45, 7) is 3.54. The zero-order valence-electron chi connectivity index (χ0n) is 11.0. The fourth-order valence-corrected chi connectivity index (χ4v) is 2.14. The quantitative estimate of drug-likeness (QED) is 0.879. The standard InChI is InChI=1S/C15H20N2O/c1-12-3-5-14(6-4-12)15(9-16)17(2)10-13-7-8-18-11-13/h3-8,11,15H,9-10,16H2,1-2H3. The molecule has 1 aromatic heterocycles. The molecular weight excluding hydrogens is 224 g/mol. The first-order valence-corrected chi connectivity index (χ1v) is 6.18. The molecule has 0 aliphatic rings. The smallest absolute Gasteiger partial charge is 0.0947 e. The second-order valence-corrected chi connectivity index (χ2v) is 4.71. The highest BCUT2D eigenvalue weighted by molar-refractivity contribution is 5.24. The van der Waals surface area contributed by atoms with Gasteiger partial charge in [0.25, 0.3) is 0 Å². The average molecular weight is 244 g/mol. The summed E-state index contributed by atoms with van der Waals surface area (Å²) in [7, 11) is 2.09. The first kappa shape index (κ1) is 12.9. The van der Waals surface area contributed by atoms with Gasteiger partial charge in [0.1, 0.15) is 0 Å². The van der Waals surface area contributed by atoms with E-state index in [4.69, 9.17) is 10.2 Å². The van der Waals surface area contributed by atoms with E-state index in [2.05, 4.69) is 43.1 Å². The fourth-order valence-electron chi connectivity index (χ4n) is 2.14. The van der Waals surface area contributed by atoms with Crippen LogP contribution in [0.5, 0.6) is 0 Å². The number of nitrogens with zero attached hydrogens (tertiary/aromatic N) is 1. The maximum absolute atomic E-state index is 5.91. The summed E-state index contributed by atoms with van der Waals surface area (Å²) >= 11 is 0. The summed E-state index contributed by atoms with van der Waals surface area (Å²) < 4.78 is 5.09. The summed E-state index contributed by atoms with van der Waals surface area (Å²) in [5.41, 5.74) is 9.61. The molecule has 2 aromatic rings. The number of rotatable bonds is 5. The molecule has 1 heterocycles. The monoisotopic (exact) mass is 244 g/mol. The number of likely N-dealkylation sites (N-methyl/N-ethyl adjacent to an activating group) is 1. The van der Waals surface area contributed by atoms with Crippen molar-refractivity contribution in [2.24, 2.45) is 5.73 Å². The van der Waals surface area contributed by atoms with Gasteiger partial charge in [-0.2, -0.15) is 0 Å². The van der Waals surface area contributed by atoms with Crippen molar-refractivity contribution in [3.05, 3.63) is 59.5 Å². The van der Waals surface area contributed by atoms with E-state index >= 15 is 0 Å². The van der Waals surface area contributed by atoms with Crippen molar-refractivity contribution in [2.75, 3.05) is 13.6 Å². The van der Waals surface area contributed by atoms with Crippen molar-refractivity contribution >= 4 is 0 Å². The SMILES string of the molecule is Cc1ccc(C(CN)N(C)Cc2ccoc2)cc1. The maximum atomic E-state index is 5.91. The lowest BCUT2D eigenvalue weighted by molar-refractivity contribution is 0.241. The van der Waals surface area contributed by atoms with Gasteiger partial charge in [0.15, 0.2) is 0 Å². The Morgan fingerprint density at radius 1 is 1.22 bits per heavy atom. The van der Waals surface area contributed by atoms with Gasteiger partial charge >= 0.3 is 0 Å². The Labute approximate surface area is 108 Å². The van der Waals surface area contributed by atoms with Gasteiger partial charge in [-0.05, 0) is 25.6 Å². The van der Waals surface area contributed by atoms with Crippen LogP contribution < -0.4 is 5.73 Å². The lowest BCUT2D eigenvalue weighted by atomic mass is 10.0. The van der Waals surface area contributed by atoms with E-state index in [1.807, 2.05) is 6.07 Å². The maximum Gasteiger partial charge on any atom is 0.0947 e. The van der Waals surface area contributed by atoms with Crippen molar-refractivity contribution in [2.45, 2.75) is 19.5 Å². The van der Waals surface area contributed by atoms with Crippen molar-refractivity contribution in [3.63, 3.8) is 0 Å². The normalized spacial score (nSPS) is 12.9. The van der Waals surface area contributed by atoms with Crippen molar-refractivity contribution in [1.82, 2.24) is 4.90 Å². The fraction of sp³-hybridized carbons (Fsp3) is 0.333. The van der Waals surface area contributed by atoms with Crippen LogP contribution in [0.2, 0.25) is 0 Å². The molecule has 0 aliphatic carbocycles. The van der Waals surface area contributed by atoms with Gasteiger partial charge in [0, 0.05) is 24.7 Å². The van der Waals surface area contributed by atoms with Gasteiger partial charge in [-0.25, -0.2) is 0 Å². The van der Waals surface area contributed by atoms with Crippen LogP contribution in [0.15, 0.2) is 47.3 Å². The molecule has 0 amide bonds. The van der Waals surface area contributed by atoms with E-state index in [-0.39, 0.29) is 6.04 Å². The lowest BCUT2D eigenvalue weighted by Crippen LogP contribution is -2.30. The number of benzene rings is 1. The lowest BCUT2D eigenvalue weighted by Gasteiger charge is -2.27. The predicted octanol–water partition coefficient (Wildman–Crippen LogP) is 2.72. The van der Waals surface area contributed by atoms with Gasteiger partial charge < -0.3 is 10.2 Å². The third kappa shape index (κ3) is 3.00. The summed E-state index contributed by atoms with van der Waals surface area (Å²) in [4.78, 5) is 2.25. The summed E-state index contributed by atoms with van der Waals surface area (Å²) in [6.07, 6.45) is 3.48. The summed E-state index contributed by atoms with van der Waals surface area (Å²) in [5.74, 6) is 0. The molecule has 0 aliphatic heterocycles. The molecule has 1 aromatic carbocycles. The highest BCUT2D eigenvalue weighted by Gasteiger charge is 2.15. The molecule has 0 saturated carbocycles. The first-order chi connectivity index (χ1) is 8.70. The minimum Gasteiger partial charge on any atom is -0.472 e. The van der Waals surface area contributed by atoms with Crippen LogP contribution in [0.1, 0.15) is 22.7 Å². The first-order valence-electron chi connectivity index (χ1n) is 6.18. The third-order valence-electron chi connectivity index (χ3n) is 3.23. The second kappa shape index (κ2) is 5.85. The Kier molecular flexibility index (Phi) is 4.18. The minimum atomic E-state index is 0.237. The molecule has 2 rings (SSSR count).